The molecule has 3 rings (SSSR count). The first-order valence-corrected chi connectivity index (χ1v) is 10.2. The highest BCUT2D eigenvalue weighted by molar-refractivity contribution is 7.86. The lowest BCUT2D eigenvalue weighted by Gasteiger charge is -2.41. The number of ether oxygens (including phenoxy) is 1. The van der Waals surface area contributed by atoms with Crippen LogP contribution in [-0.4, -0.2) is 85.9 Å². The molecule has 24 heavy (non-hydrogen) atoms. The summed E-state index contributed by atoms with van der Waals surface area (Å²) in [5.74, 6) is -0.00868. The SMILES string of the molecule is NC1(C(=O)N2CCN(S(=O)(=O)N3CCOCC3)CC2)CCCCC1. The standard InChI is InChI=1S/C15H28N4O4S/c16-15(4-2-1-3-5-15)14(20)17-6-8-18(9-7-17)24(21,22)19-10-12-23-13-11-19/h1-13,16H2. The van der Waals surface area contributed by atoms with E-state index in [0.717, 1.165) is 32.1 Å². The second-order valence-corrected chi connectivity index (χ2v) is 8.86. The number of nitrogens with two attached hydrogens (primary N) is 1. The minimum absolute atomic E-state index is 0.00868. The molecule has 3 aliphatic rings. The molecule has 8 nitrogen and oxygen atoms in total. The van der Waals surface area contributed by atoms with Crippen LogP contribution in [0.5, 0.6) is 0 Å². The first-order valence-electron chi connectivity index (χ1n) is 8.85. The monoisotopic (exact) mass is 360 g/mol. The number of amides is 1. The summed E-state index contributed by atoms with van der Waals surface area (Å²) < 4.78 is 33.5. The lowest BCUT2D eigenvalue weighted by Crippen LogP contribution is -2.61. The Labute approximate surface area is 144 Å². The third-order valence-electron chi connectivity index (χ3n) is 5.32. The first kappa shape index (κ1) is 18.1. The summed E-state index contributed by atoms with van der Waals surface area (Å²) in [6.07, 6.45) is 4.59. The topological polar surface area (TPSA) is 96.2 Å². The molecule has 0 spiro atoms. The van der Waals surface area contributed by atoms with Crippen molar-refractivity contribution in [2.24, 2.45) is 5.73 Å². The Hall–Kier alpha value is -0.740. The van der Waals surface area contributed by atoms with Crippen LogP contribution in [0.1, 0.15) is 32.1 Å². The van der Waals surface area contributed by atoms with Crippen molar-refractivity contribution in [1.82, 2.24) is 13.5 Å². The summed E-state index contributed by atoms with van der Waals surface area (Å²) in [4.78, 5) is 14.5. The van der Waals surface area contributed by atoms with Crippen molar-refractivity contribution >= 4 is 16.1 Å². The van der Waals surface area contributed by atoms with Crippen LogP contribution in [0, 0.1) is 0 Å². The largest absolute Gasteiger partial charge is 0.379 e. The molecule has 0 radical (unpaired) electrons. The van der Waals surface area contributed by atoms with Gasteiger partial charge in [0.15, 0.2) is 0 Å². The number of hydrogen-bond acceptors (Lipinski definition) is 5. The van der Waals surface area contributed by atoms with Crippen molar-refractivity contribution in [3.8, 4) is 0 Å². The molecule has 0 aromatic rings. The quantitative estimate of drug-likeness (QED) is 0.723. The lowest BCUT2D eigenvalue weighted by molar-refractivity contribution is -0.139. The maximum Gasteiger partial charge on any atom is 0.282 e. The van der Waals surface area contributed by atoms with Crippen molar-refractivity contribution in [3.05, 3.63) is 0 Å². The highest BCUT2D eigenvalue weighted by Crippen LogP contribution is 2.28. The molecule has 0 aromatic carbocycles. The molecular formula is C15H28N4O4S. The smallest absolute Gasteiger partial charge is 0.282 e. The summed E-state index contributed by atoms with van der Waals surface area (Å²) in [6, 6.07) is 0. The zero-order chi connectivity index (χ0) is 17.2. The van der Waals surface area contributed by atoms with E-state index in [1.807, 2.05) is 0 Å². The van der Waals surface area contributed by atoms with Gasteiger partial charge in [-0.3, -0.25) is 4.79 Å². The van der Waals surface area contributed by atoms with Crippen LogP contribution in [0.4, 0.5) is 0 Å². The molecular weight excluding hydrogens is 332 g/mol. The lowest BCUT2D eigenvalue weighted by atomic mass is 9.81. The molecule has 1 aliphatic carbocycles. The molecule has 3 fully saturated rings. The van der Waals surface area contributed by atoms with Crippen LogP contribution in [0.3, 0.4) is 0 Å². The van der Waals surface area contributed by atoms with Crippen LogP contribution in [0.25, 0.3) is 0 Å². The number of hydrogen-bond donors (Lipinski definition) is 1. The van der Waals surface area contributed by atoms with E-state index in [-0.39, 0.29) is 5.91 Å². The minimum Gasteiger partial charge on any atom is -0.379 e. The van der Waals surface area contributed by atoms with E-state index in [4.69, 9.17) is 10.5 Å². The number of nitrogens with zero attached hydrogens (tertiary/aromatic N) is 3. The average Bonchev–Trinajstić information content (AvgIpc) is 2.62. The Morgan fingerprint density at radius 1 is 0.875 bits per heavy atom. The van der Waals surface area contributed by atoms with Crippen LogP contribution >= 0.6 is 0 Å². The first-order chi connectivity index (χ1) is 11.4. The van der Waals surface area contributed by atoms with Gasteiger partial charge in [-0.05, 0) is 12.8 Å². The van der Waals surface area contributed by atoms with Crippen molar-refractivity contribution in [2.45, 2.75) is 37.6 Å². The van der Waals surface area contributed by atoms with Crippen molar-refractivity contribution < 1.29 is 17.9 Å². The normalized spacial score (nSPS) is 27.1. The van der Waals surface area contributed by atoms with Crippen LogP contribution in [0.15, 0.2) is 0 Å². The Bertz CT molecular complexity index is 548. The summed E-state index contributed by atoms with van der Waals surface area (Å²) in [5.41, 5.74) is 5.58. The molecule has 138 valence electrons. The van der Waals surface area contributed by atoms with Gasteiger partial charge in [0.1, 0.15) is 0 Å². The Balaban J connectivity index is 1.58. The highest BCUT2D eigenvalue weighted by atomic mass is 32.2. The van der Waals surface area contributed by atoms with E-state index in [2.05, 4.69) is 0 Å². The molecule has 0 atom stereocenters. The van der Waals surface area contributed by atoms with Gasteiger partial charge >= 0.3 is 0 Å². The van der Waals surface area contributed by atoms with Gasteiger partial charge < -0.3 is 15.4 Å². The van der Waals surface area contributed by atoms with Crippen LogP contribution in [-0.2, 0) is 19.7 Å². The van der Waals surface area contributed by atoms with Gasteiger partial charge in [0, 0.05) is 39.3 Å². The van der Waals surface area contributed by atoms with Gasteiger partial charge in [-0.25, -0.2) is 0 Å². The van der Waals surface area contributed by atoms with E-state index in [0.29, 0.717) is 52.5 Å². The summed E-state index contributed by atoms with van der Waals surface area (Å²) in [5, 5.41) is 0. The predicted molar refractivity (Wildman–Crippen MR) is 89.5 cm³/mol. The summed E-state index contributed by atoms with van der Waals surface area (Å²) in [7, 11) is -3.46. The number of rotatable bonds is 3. The fourth-order valence-corrected chi connectivity index (χ4v) is 5.34. The molecule has 2 N–H and O–H groups in total. The van der Waals surface area contributed by atoms with Gasteiger partial charge in [-0.1, -0.05) is 19.3 Å². The molecule has 2 saturated heterocycles. The number of piperazine rings is 1. The van der Waals surface area contributed by atoms with E-state index < -0.39 is 15.7 Å². The predicted octanol–water partition coefficient (Wildman–Crippen LogP) is -0.631. The second-order valence-electron chi connectivity index (χ2n) is 6.93. The molecule has 9 heteroatoms. The maximum absolute atomic E-state index is 12.7. The molecule has 2 heterocycles. The van der Waals surface area contributed by atoms with Crippen molar-refractivity contribution in [1.29, 1.82) is 0 Å². The Morgan fingerprint density at radius 3 is 2.00 bits per heavy atom. The van der Waals surface area contributed by atoms with Crippen LogP contribution in [0.2, 0.25) is 0 Å². The maximum atomic E-state index is 12.7. The second kappa shape index (κ2) is 7.25. The fraction of sp³-hybridized carbons (Fsp3) is 0.933. The fourth-order valence-electron chi connectivity index (χ4n) is 3.77. The number of carbonyl (C=O) groups is 1. The number of carbonyl (C=O) groups excluding carboxylic acids is 1. The summed E-state index contributed by atoms with van der Waals surface area (Å²) >= 11 is 0. The van der Waals surface area contributed by atoms with Gasteiger partial charge in [-0.15, -0.1) is 0 Å². The highest BCUT2D eigenvalue weighted by Gasteiger charge is 2.41. The molecule has 2 aliphatic heterocycles. The zero-order valence-electron chi connectivity index (χ0n) is 14.2. The molecule has 0 aromatic heterocycles. The van der Waals surface area contributed by atoms with Crippen LogP contribution < -0.4 is 5.73 Å². The Kier molecular flexibility index (Phi) is 5.45. The third-order valence-corrected chi connectivity index (χ3v) is 7.36. The van der Waals surface area contributed by atoms with Gasteiger partial charge in [0.2, 0.25) is 5.91 Å². The molecule has 1 amide bonds. The Morgan fingerprint density at radius 2 is 1.42 bits per heavy atom. The van der Waals surface area contributed by atoms with E-state index >= 15 is 0 Å². The minimum atomic E-state index is -3.46. The molecule has 0 unspecified atom stereocenters. The van der Waals surface area contributed by atoms with E-state index in [1.165, 1.54) is 8.61 Å². The third kappa shape index (κ3) is 3.60. The van der Waals surface area contributed by atoms with Gasteiger partial charge in [-0.2, -0.15) is 17.0 Å². The van der Waals surface area contributed by atoms with Gasteiger partial charge in [0.05, 0.1) is 18.8 Å². The van der Waals surface area contributed by atoms with Crippen molar-refractivity contribution in [3.63, 3.8) is 0 Å². The zero-order valence-corrected chi connectivity index (χ0v) is 15.0. The van der Waals surface area contributed by atoms with E-state index in [9.17, 15) is 13.2 Å². The average molecular weight is 360 g/mol. The van der Waals surface area contributed by atoms with E-state index in [1.54, 1.807) is 4.90 Å². The molecule has 1 saturated carbocycles. The van der Waals surface area contributed by atoms with Crippen molar-refractivity contribution in [2.75, 3.05) is 52.5 Å². The summed E-state index contributed by atoms with van der Waals surface area (Å²) in [6.45, 7) is 3.17. The number of morpholine rings is 1. The molecule has 0 bridgehead atoms. The van der Waals surface area contributed by atoms with Gasteiger partial charge in [0.25, 0.3) is 10.2 Å².